The second-order valence-corrected chi connectivity index (χ2v) is 4.73. The first-order chi connectivity index (χ1) is 10.2. The number of rotatable bonds is 9. The van der Waals surface area contributed by atoms with Gasteiger partial charge in [-0.25, -0.2) is 0 Å². The first-order valence-corrected chi connectivity index (χ1v) is 7.54. The molecule has 0 unspecified atom stereocenters. The summed E-state index contributed by atoms with van der Waals surface area (Å²) in [6, 6.07) is 6.93. The first kappa shape index (κ1) is 17.3. The Labute approximate surface area is 130 Å². The Kier molecular flexibility index (Phi) is 8.28. The molecular formula is C15H21ClN2O3. The molecule has 0 saturated carbocycles. The summed E-state index contributed by atoms with van der Waals surface area (Å²) in [6.07, 6.45) is 1.07. The van der Waals surface area contributed by atoms with Gasteiger partial charge in [-0.2, -0.15) is 0 Å². The van der Waals surface area contributed by atoms with Gasteiger partial charge in [0.25, 0.3) is 5.91 Å². The third kappa shape index (κ3) is 6.99. The van der Waals surface area contributed by atoms with Crippen LogP contribution in [-0.2, 0) is 4.79 Å². The number of carbonyl (C=O) groups is 2. The number of amides is 2. The largest absolute Gasteiger partial charge is 0.494 e. The fourth-order valence-corrected chi connectivity index (χ4v) is 1.80. The van der Waals surface area contributed by atoms with E-state index in [0.717, 1.165) is 5.75 Å². The standard InChI is InChI=1S/C15H21ClN2O3/c1-2-21-13-7-5-12(6-8-13)15(20)18-11-10-17-14(19)4-3-9-16/h5-8H,2-4,9-11H2,1H3,(H,17,19)(H,18,20). The van der Waals surface area contributed by atoms with Crippen LogP contribution in [0.1, 0.15) is 30.1 Å². The van der Waals surface area contributed by atoms with Crippen LogP contribution in [0.4, 0.5) is 0 Å². The molecule has 0 aliphatic rings. The molecule has 1 rings (SSSR count). The van der Waals surface area contributed by atoms with E-state index in [9.17, 15) is 9.59 Å². The number of benzene rings is 1. The molecule has 0 saturated heterocycles. The normalized spacial score (nSPS) is 10.0. The maximum atomic E-state index is 11.8. The molecule has 2 N–H and O–H groups in total. The summed E-state index contributed by atoms with van der Waals surface area (Å²) in [6.45, 7) is 3.29. The molecule has 6 heteroatoms. The van der Waals surface area contributed by atoms with Gasteiger partial charge in [0, 0.05) is 31.0 Å². The number of halogens is 1. The monoisotopic (exact) mass is 312 g/mol. The van der Waals surface area contributed by atoms with Gasteiger partial charge in [-0.1, -0.05) is 0 Å². The maximum Gasteiger partial charge on any atom is 0.251 e. The molecular weight excluding hydrogens is 292 g/mol. The lowest BCUT2D eigenvalue weighted by molar-refractivity contribution is -0.121. The molecule has 0 aromatic heterocycles. The van der Waals surface area contributed by atoms with Gasteiger partial charge in [-0.15, -0.1) is 11.6 Å². The number of hydrogen-bond acceptors (Lipinski definition) is 3. The van der Waals surface area contributed by atoms with Crippen LogP contribution in [0.15, 0.2) is 24.3 Å². The second-order valence-electron chi connectivity index (χ2n) is 4.36. The summed E-state index contributed by atoms with van der Waals surface area (Å²) in [4.78, 5) is 23.2. The van der Waals surface area contributed by atoms with E-state index in [1.54, 1.807) is 24.3 Å². The van der Waals surface area contributed by atoms with Gasteiger partial charge in [0.05, 0.1) is 6.61 Å². The van der Waals surface area contributed by atoms with Crippen molar-refractivity contribution in [3.8, 4) is 5.75 Å². The number of hydrogen-bond donors (Lipinski definition) is 2. The Morgan fingerprint density at radius 2 is 1.81 bits per heavy atom. The highest BCUT2D eigenvalue weighted by Gasteiger charge is 2.05. The minimum Gasteiger partial charge on any atom is -0.494 e. The van der Waals surface area contributed by atoms with Crippen LogP contribution in [0.3, 0.4) is 0 Å². The van der Waals surface area contributed by atoms with E-state index < -0.39 is 0 Å². The zero-order chi connectivity index (χ0) is 15.5. The quantitative estimate of drug-likeness (QED) is 0.541. The van der Waals surface area contributed by atoms with E-state index >= 15 is 0 Å². The topological polar surface area (TPSA) is 67.4 Å². The summed E-state index contributed by atoms with van der Waals surface area (Å²) in [5.41, 5.74) is 0.562. The van der Waals surface area contributed by atoms with Crippen molar-refractivity contribution >= 4 is 23.4 Å². The highest BCUT2D eigenvalue weighted by Crippen LogP contribution is 2.11. The Balaban J connectivity index is 2.25. The van der Waals surface area contributed by atoms with Crippen molar-refractivity contribution in [2.45, 2.75) is 19.8 Å². The van der Waals surface area contributed by atoms with Crippen molar-refractivity contribution in [2.24, 2.45) is 0 Å². The molecule has 0 aliphatic carbocycles. The summed E-state index contributed by atoms with van der Waals surface area (Å²) in [5.74, 6) is 0.988. The van der Waals surface area contributed by atoms with Crippen LogP contribution in [-0.4, -0.2) is 37.4 Å². The lowest BCUT2D eigenvalue weighted by atomic mass is 10.2. The number of nitrogens with one attached hydrogen (secondary N) is 2. The molecule has 0 fully saturated rings. The predicted molar refractivity (Wildman–Crippen MR) is 82.9 cm³/mol. The Hall–Kier alpha value is -1.75. The van der Waals surface area contributed by atoms with Crippen molar-refractivity contribution in [1.29, 1.82) is 0 Å². The molecule has 0 spiro atoms. The van der Waals surface area contributed by atoms with Crippen molar-refractivity contribution in [1.82, 2.24) is 10.6 Å². The average molecular weight is 313 g/mol. The highest BCUT2D eigenvalue weighted by molar-refractivity contribution is 6.17. The molecule has 21 heavy (non-hydrogen) atoms. The van der Waals surface area contributed by atoms with Crippen LogP contribution in [0.2, 0.25) is 0 Å². The molecule has 0 aliphatic heterocycles. The van der Waals surface area contributed by atoms with Gasteiger partial charge < -0.3 is 15.4 Å². The molecule has 1 aromatic carbocycles. The minimum atomic E-state index is -0.173. The van der Waals surface area contributed by atoms with E-state index in [0.29, 0.717) is 44.0 Å². The highest BCUT2D eigenvalue weighted by atomic mass is 35.5. The van der Waals surface area contributed by atoms with E-state index in [4.69, 9.17) is 16.3 Å². The Bertz CT molecular complexity index is 449. The van der Waals surface area contributed by atoms with Gasteiger partial charge in [0.2, 0.25) is 5.91 Å². The van der Waals surface area contributed by atoms with Crippen molar-refractivity contribution in [2.75, 3.05) is 25.6 Å². The van der Waals surface area contributed by atoms with Crippen molar-refractivity contribution in [3.05, 3.63) is 29.8 Å². The third-order valence-electron chi connectivity index (χ3n) is 2.70. The first-order valence-electron chi connectivity index (χ1n) is 7.01. The van der Waals surface area contributed by atoms with E-state index in [-0.39, 0.29) is 11.8 Å². The second kappa shape index (κ2) is 10.0. The smallest absolute Gasteiger partial charge is 0.251 e. The number of carbonyl (C=O) groups excluding carboxylic acids is 2. The van der Waals surface area contributed by atoms with Crippen molar-refractivity contribution in [3.63, 3.8) is 0 Å². The number of ether oxygens (including phenoxy) is 1. The van der Waals surface area contributed by atoms with Crippen LogP contribution in [0.25, 0.3) is 0 Å². The van der Waals surface area contributed by atoms with E-state index in [1.807, 2.05) is 6.92 Å². The summed E-state index contributed by atoms with van der Waals surface area (Å²) < 4.78 is 5.31. The van der Waals surface area contributed by atoms with Gasteiger partial charge in [-0.3, -0.25) is 9.59 Å². The van der Waals surface area contributed by atoms with E-state index in [1.165, 1.54) is 0 Å². The molecule has 2 amide bonds. The molecule has 0 atom stereocenters. The van der Waals surface area contributed by atoms with Crippen molar-refractivity contribution < 1.29 is 14.3 Å². The van der Waals surface area contributed by atoms with Crippen LogP contribution < -0.4 is 15.4 Å². The average Bonchev–Trinajstić information content (AvgIpc) is 2.50. The van der Waals surface area contributed by atoms with E-state index in [2.05, 4.69) is 10.6 Å². The maximum absolute atomic E-state index is 11.8. The lowest BCUT2D eigenvalue weighted by Crippen LogP contribution is -2.34. The summed E-state index contributed by atoms with van der Waals surface area (Å²) in [7, 11) is 0. The fourth-order valence-electron chi connectivity index (χ4n) is 1.66. The molecule has 0 radical (unpaired) electrons. The number of alkyl halides is 1. The zero-order valence-electron chi connectivity index (χ0n) is 12.2. The molecule has 1 aromatic rings. The van der Waals surface area contributed by atoms with Gasteiger partial charge in [0.15, 0.2) is 0 Å². The SMILES string of the molecule is CCOc1ccc(C(=O)NCCNC(=O)CCCCl)cc1. The van der Waals surface area contributed by atoms with Crippen LogP contribution >= 0.6 is 11.6 Å². The van der Waals surface area contributed by atoms with Gasteiger partial charge in [-0.05, 0) is 37.6 Å². The van der Waals surface area contributed by atoms with Crippen LogP contribution in [0, 0.1) is 0 Å². The summed E-state index contributed by atoms with van der Waals surface area (Å²) >= 11 is 5.50. The fraction of sp³-hybridized carbons (Fsp3) is 0.467. The van der Waals surface area contributed by atoms with Gasteiger partial charge in [0.1, 0.15) is 5.75 Å². The molecule has 5 nitrogen and oxygen atoms in total. The molecule has 0 heterocycles. The summed E-state index contributed by atoms with van der Waals surface area (Å²) in [5, 5.41) is 5.46. The van der Waals surface area contributed by atoms with Crippen LogP contribution in [0.5, 0.6) is 5.75 Å². The Morgan fingerprint density at radius 3 is 2.43 bits per heavy atom. The predicted octanol–water partition coefficient (Wildman–Crippen LogP) is 1.95. The zero-order valence-corrected chi connectivity index (χ0v) is 12.9. The minimum absolute atomic E-state index is 0.0500. The molecule has 116 valence electrons. The van der Waals surface area contributed by atoms with Gasteiger partial charge >= 0.3 is 0 Å². The Morgan fingerprint density at radius 1 is 1.14 bits per heavy atom. The molecule has 0 bridgehead atoms. The lowest BCUT2D eigenvalue weighted by Gasteiger charge is -2.08. The third-order valence-corrected chi connectivity index (χ3v) is 2.96.